The molecule has 0 aliphatic heterocycles. The van der Waals surface area contributed by atoms with Gasteiger partial charge in [0.25, 0.3) is 0 Å². The molecule has 0 fully saturated rings. The molecule has 0 bridgehead atoms. The van der Waals surface area contributed by atoms with Crippen LogP contribution in [-0.4, -0.2) is 20.7 Å². The Bertz CT molecular complexity index is 763. The fraction of sp³-hybridized carbons (Fsp3) is 0.263. The molecule has 0 spiro atoms. The Balaban J connectivity index is 2.05. The number of hydrogen-bond acceptors (Lipinski definition) is 3. The number of fused-ring (bicyclic) bond motifs is 1. The van der Waals surface area contributed by atoms with Gasteiger partial charge in [-0.05, 0) is 54.9 Å². The first kappa shape index (κ1) is 15.1. The molecule has 2 aromatic carbocycles. The number of ether oxygens (including phenoxy) is 1. The summed E-state index contributed by atoms with van der Waals surface area (Å²) in [5.74, 6) is 0.978. The lowest BCUT2D eigenvalue weighted by Gasteiger charge is -2.13. The van der Waals surface area contributed by atoms with E-state index in [0.717, 1.165) is 25.1 Å². The topological polar surface area (TPSA) is 21.3 Å². The molecule has 2 nitrogen and oxygen atoms in total. The Kier molecular flexibility index (Phi) is 4.76. The summed E-state index contributed by atoms with van der Waals surface area (Å²) in [6.07, 6.45) is 2.25. The van der Waals surface area contributed by atoms with Crippen LogP contribution in [0, 0.1) is 0 Å². The van der Waals surface area contributed by atoms with Crippen LogP contribution in [0.4, 0.5) is 0 Å². The number of hydrogen-bond donors (Lipinski definition) is 1. The van der Waals surface area contributed by atoms with Gasteiger partial charge in [-0.15, -0.1) is 11.3 Å². The van der Waals surface area contributed by atoms with E-state index in [-0.39, 0.29) is 0 Å². The monoisotopic (exact) mass is 311 g/mol. The van der Waals surface area contributed by atoms with E-state index in [1.165, 1.54) is 26.8 Å². The van der Waals surface area contributed by atoms with Crippen LogP contribution >= 0.6 is 11.3 Å². The Morgan fingerprint density at radius 1 is 1.05 bits per heavy atom. The van der Waals surface area contributed by atoms with Crippen LogP contribution in [0.5, 0.6) is 5.75 Å². The second kappa shape index (κ2) is 6.95. The molecule has 3 rings (SSSR count). The molecule has 0 saturated carbocycles. The van der Waals surface area contributed by atoms with E-state index in [1.807, 2.05) is 18.4 Å². The highest BCUT2D eigenvalue weighted by Gasteiger charge is 2.14. The lowest BCUT2D eigenvalue weighted by atomic mass is 9.99. The molecular weight excluding hydrogens is 290 g/mol. The van der Waals surface area contributed by atoms with Crippen LogP contribution in [0.15, 0.2) is 47.8 Å². The van der Waals surface area contributed by atoms with Crippen molar-refractivity contribution in [1.29, 1.82) is 0 Å². The van der Waals surface area contributed by atoms with Gasteiger partial charge in [0, 0.05) is 15.8 Å². The minimum atomic E-state index is 0.978. The molecule has 1 N–H and O–H groups in total. The molecule has 0 amide bonds. The van der Waals surface area contributed by atoms with Crippen molar-refractivity contribution in [2.24, 2.45) is 0 Å². The predicted molar refractivity (Wildman–Crippen MR) is 96.1 cm³/mol. The van der Waals surface area contributed by atoms with Crippen LogP contribution < -0.4 is 10.1 Å². The fourth-order valence-corrected chi connectivity index (χ4v) is 3.81. The van der Waals surface area contributed by atoms with Crippen molar-refractivity contribution in [3.63, 3.8) is 0 Å². The van der Waals surface area contributed by atoms with E-state index < -0.39 is 0 Å². The SMILES string of the molecule is CNCCCc1sccc1-c1ccc2ccccc2c1OC. The first-order valence-corrected chi connectivity index (χ1v) is 8.50. The summed E-state index contributed by atoms with van der Waals surface area (Å²) >= 11 is 1.84. The van der Waals surface area contributed by atoms with Gasteiger partial charge in [0.1, 0.15) is 5.75 Å². The van der Waals surface area contributed by atoms with Gasteiger partial charge < -0.3 is 10.1 Å². The van der Waals surface area contributed by atoms with Crippen LogP contribution in [0.1, 0.15) is 11.3 Å². The molecular formula is C19H21NOS. The summed E-state index contributed by atoms with van der Waals surface area (Å²) in [6, 6.07) is 15.0. The average Bonchev–Trinajstić information content (AvgIpc) is 3.02. The molecule has 0 atom stereocenters. The van der Waals surface area contributed by atoms with Crippen molar-refractivity contribution in [1.82, 2.24) is 5.32 Å². The fourth-order valence-electron chi connectivity index (χ4n) is 2.87. The number of thiophene rings is 1. The molecule has 0 radical (unpaired) electrons. The second-order valence-corrected chi connectivity index (χ2v) is 6.33. The summed E-state index contributed by atoms with van der Waals surface area (Å²) in [4.78, 5) is 1.43. The summed E-state index contributed by atoms with van der Waals surface area (Å²) in [6.45, 7) is 1.05. The van der Waals surface area contributed by atoms with Gasteiger partial charge >= 0.3 is 0 Å². The van der Waals surface area contributed by atoms with Gasteiger partial charge in [-0.3, -0.25) is 0 Å². The zero-order valence-electron chi connectivity index (χ0n) is 13.1. The number of aryl methyl sites for hydroxylation is 1. The Morgan fingerprint density at radius 3 is 2.73 bits per heavy atom. The summed E-state index contributed by atoms with van der Waals surface area (Å²) in [7, 11) is 3.76. The first-order chi connectivity index (χ1) is 10.8. The van der Waals surface area contributed by atoms with Gasteiger partial charge in [-0.25, -0.2) is 0 Å². The summed E-state index contributed by atoms with van der Waals surface area (Å²) in [5.41, 5.74) is 2.51. The van der Waals surface area contributed by atoms with Gasteiger partial charge in [-0.1, -0.05) is 30.3 Å². The third kappa shape index (κ3) is 2.87. The van der Waals surface area contributed by atoms with E-state index in [0.29, 0.717) is 0 Å². The molecule has 22 heavy (non-hydrogen) atoms. The lowest BCUT2D eigenvalue weighted by Crippen LogP contribution is -2.08. The van der Waals surface area contributed by atoms with Crippen molar-refractivity contribution in [3.05, 3.63) is 52.7 Å². The van der Waals surface area contributed by atoms with Gasteiger partial charge in [0.05, 0.1) is 7.11 Å². The Labute approximate surface area is 135 Å². The predicted octanol–water partition coefficient (Wildman–Crippen LogP) is 4.73. The van der Waals surface area contributed by atoms with Crippen LogP contribution in [-0.2, 0) is 6.42 Å². The van der Waals surface area contributed by atoms with Crippen LogP contribution in [0.2, 0.25) is 0 Å². The molecule has 0 unspecified atom stereocenters. The van der Waals surface area contributed by atoms with Crippen molar-refractivity contribution in [2.45, 2.75) is 12.8 Å². The zero-order valence-corrected chi connectivity index (χ0v) is 13.9. The lowest BCUT2D eigenvalue weighted by molar-refractivity contribution is 0.421. The van der Waals surface area contributed by atoms with Gasteiger partial charge in [0.2, 0.25) is 0 Å². The second-order valence-electron chi connectivity index (χ2n) is 5.33. The largest absolute Gasteiger partial charge is 0.495 e. The van der Waals surface area contributed by atoms with Crippen molar-refractivity contribution < 1.29 is 4.74 Å². The third-order valence-corrected chi connectivity index (χ3v) is 4.93. The third-order valence-electron chi connectivity index (χ3n) is 3.95. The van der Waals surface area contributed by atoms with E-state index >= 15 is 0 Å². The minimum Gasteiger partial charge on any atom is -0.495 e. The van der Waals surface area contributed by atoms with Crippen molar-refractivity contribution >= 4 is 22.1 Å². The molecule has 0 aliphatic carbocycles. The Hall–Kier alpha value is -1.84. The molecule has 3 heteroatoms. The van der Waals surface area contributed by atoms with Gasteiger partial charge in [-0.2, -0.15) is 0 Å². The van der Waals surface area contributed by atoms with Crippen molar-refractivity contribution in [3.8, 4) is 16.9 Å². The van der Waals surface area contributed by atoms with E-state index in [9.17, 15) is 0 Å². The zero-order chi connectivity index (χ0) is 15.4. The number of nitrogens with one attached hydrogen (secondary N) is 1. The van der Waals surface area contributed by atoms with Crippen LogP contribution in [0.25, 0.3) is 21.9 Å². The van der Waals surface area contributed by atoms with E-state index in [4.69, 9.17) is 4.74 Å². The molecule has 1 heterocycles. The summed E-state index contributed by atoms with van der Waals surface area (Å²) in [5, 5.41) is 7.79. The molecule has 0 aliphatic rings. The quantitative estimate of drug-likeness (QED) is 0.665. The standard InChI is InChI=1S/C19H21NOS/c1-20-12-5-8-18-16(11-13-22-18)17-10-9-14-6-3-4-7-15(14)19(17)21-2/h3-4,6-7,9-11,13,20H,5,8,12H2,1-2H3. The summed E-state index contributed by atoms with van der Waals surface area (Å²) < 4.78 is 5.76. The molecule has 3 aromatic rings. The average molecular weight is 311 g/mol. The first-order valence-electron chi connectivity index (χ1n) is 7.62. The Morgan fingerprint density at radius 2 is 1.91 bits per heavy atom. The number of rotatable bonds is 6. The smallest absolute Gasteiger partial charge is 0.134 e. The maximum Gasteiger partial charge on any atom is 0.134 e. The van der Waals surface area contributed by atoms with Gasteiger partial charge in [0.15, 0.2) is 0 Å². The van der Waals surface area contributed by atoms with Crippen LogP contribution in [0.3, 0.4) is 0 Å². The minimum absolute atomic E-state index is 0.978. The highest BCUT2D eigenvalue weighted by atomic mass is 32.1. The highest BCUT2D eigenvalue weighted by molar-refractivity contribution is 7.10. The van der Waals surface area contributed by atoms with E-state index in [2.05, 4.69) is 53.2 Å². The maximum atomic E-state index is 5.76. The maximum absolute atomic E-state index is 5.76. The molecule has 114 valence electrons. The van der Waals surface area contributed by atoms with E-state index in [1.54, 1.807) is 7.11 Å². The highest BCUT2D eigenvalue weighted by Crippen LogP contribution is 2.40. The van der Waals surface area contributed by atoms with Crippen molar-refractivity contribution in [2.75, 3.05) is 20.7 Å². The number of benzene rings is 2. The molecule has 0 saturated heterocycles. The molecule has 1 aromatic heterocycles. The number of methoxy groups -OCH3 is 1. The normalized spacial score (nSPS) is 11.0.